The average Bonchev–Trinajstić information content (AvgIpc) is 3.14. The third-order valence-corrected chi connectivity index (χ3v) is 3.72. The number of hydrogen-bond acceptors (Lipinski definition) is 4. The molecule has 0 unspecified atom stereocenters. The number of halogens is 1. The van der Waals surface area contributed by atoms with Gasteiger partial charge in [-0.15, -0.1) is 5.10 Å². The van der Waals surface area contributed by atoms with Crippen LogP contribution in [0.15, 0.2) is 27.5 Å². The second-order valence-electron chi connectivity index (χ2n) is 4.61. The fourth-order valence-corrected chi connectivity index (χ4v) is 2.26. The van der Waals surface area contributed by atoms with E-state index in [2.05, 4.69) is 32.3 Å². The average molecular weight is 305 g/mol. The van der Waals surface area contributed by atoms with Crippen LogP contribution >= 0.6 is 15.9 Å². The summed E-state index contributed by atoms with van der Waals surface area (Å²) in [6, 6.07) is 7.55. The van der Waals surface area contributed by atoms with E-state index in [1.54, 1.807) is 12.1 Å². The molecule has 3 rings (SSSR count). The van der Waals surface area contributed by atoms with E-state index in [1.807, 2.05) is 6.07 Å². The zero-order chi connectivity index (χ0) is 12.8. The largest absolute Gasteiger partial charge is 0.277 e. The van der Waals surface area contributed by atoms with Crippen LogP contribution in [0, 0.1) is 16.7 Å². The Kier molecular flexibility index (Phi) is 2.45. The second-order valence-corrected chi connectivity index (χ2v) is 5.52. The molecule has 0 radical (unpaired) electrons. The van der Waals surface area contributed by atoms with Crippen molar-refractivity contribution in [3.05, 3.63) is 33.0 Å². The number of fused-ring (bicyclic) bond motifs is 1. The van der Waals surface area contributed by atoms with Gasteiger partial charge < -0.3 is 0 Å². The van der Waals surface area contributed by atoms with Gasteiger partial charge in [-0.05, 0) is 31.0 Å². The van der Waals surface area contributed by atoms with Crippen LogP contribution in [0.3, 0.4) is 0 Å². The molecular weight excluding hydrogens is 296 g/mol. The Balaban J connectivity index is 2.12. The van der Waals surface area contributed by atoms with Gasteiger partial charge >= 0.3 is 0 Å². The molecule has 6 heteroatoms. The third kappa shape index (κ3) is 1.81. The van der Waals surface area contributed by atoms with Crippen molar-refractivity contribution in [3.8, 4) is 6.07 Å². The first-order valence-electron chi connectivity index (χ1n) is 5.58. The summed E-state index contributed by atoms with van der Waals surface area (Å²) in [6.07, 6.45) is 1.66. The second kappa shape index (κ2) is 3.89. The fourth-order valence-electron chi connectivity index (χ4n) is 1.89. The smallest absolute Gasteiger partial charge is 0.267 e. The van der Waals surface area contributed by atoms with Crippen LogP contribution in [-0.4, -0.2) is 15.0 Å². The van der Waals surface area contributed by atoms with Crippen LogP contribution in [0.4, 0.5) is 0 Å². The summed E-state index contributed by atoms with van der Waals surface area (Å²) in [4.78, 5) is 12.2. The van der Waals surface area contributed by atoms with Gasteiger partial charge in [-0.1, -0.05) is 21.1 Å². The van der Waals surface area contributed by atoms with E-state index in [-0.39, 0.29) is 5.56 Å². The van der Waals surface area contributed by atoms with Crippen LogP contribution in [0.5, 0.6) is 0 Å². The fraction of sp³-hybridized carbons (Fsp3) is 0.333. The molecule has 1 aromatic heterocycles. The minimum Gasteiger partial charge on any atom is -0.267 e. The summed E-state index contributed by atoms with van der Waals surface area (Å²) in [5.41, 5.74) is -0.0258. The summed E-state index contributed by atoms with van der Waals surface area (Å²) in [6.45, 7) is 0.331. The molecule has 1 heterocycles. The highest BCUT2D eigenvalue weighted by molar-refractivity contribution is 9.10. The molecule has 1 saturated carbocycles. The Morgan fingerprint density at radius 1 is 1.50 bits per heavy atom. The SMILES string of the molecule is N#CC1(Cn2nnc3ccc(Br)cc3c2=O)CC1. The van der Waals surface area contributed by atoms with Crippen LogP contribution in [0.1, 0.15) is 12.8 Å². The predicted molar refractivity (Wildman–Crippen MR) is 68.8 cm³/mol. The van der Waals surface area contributed by atoms with E-state index in [1.165, 1.54) is 4.68 Å². The molecule has 0 N–H and O–H groups in total. The van der Waals surface area contributed by atoms with Crippen LogP contribution in [0.25, 0.3) is 10.9 Å². The van der Waals surface area contributed by atoms with E-state index in [9.17, 15) is 4.79 Å². The Hall–Kier alpha value is -1.74. The molecule has 1 aliphatic carbocycles. The predicted octanol–water partition coefficient (Wildman–Crippen LogP) is 1.86. The van der Waals surface area contributed by atoms with Gasteiger partial charge in [0.05, 0.1) is 23.4 Å². The van der Waals surface area contributed by atoms with Crippen molar-refractivity contribution in [3.63, 3.8) is 0 Å². The number of aromatic nitrogens is 3. The first kappa shape index (κ1) is 11.4. The molecule has 1 fully saturated rings. The van der Waals surface area contributed by atoms with Crippen molar-refractivity contribution in [2.45, 2.75) is 19.4 Å². The maximum absolute atomic E-state index is 12.2. The number of benzene rings is 1. The highest BCUT2D eigenvalue weighted by Gasteiger charge is 2.44. The molecule has 0 aliphatic heterocycles. The van der Waals surface area contributed by atoms with Gasteiger partial charge in [-0.25, -0.2) is 4.68 Å². The van der Waals surface area contributed by atoms with Crippen molar-refractivity contribution in [1.82, 2.24) is 15.0 Å². The molecule has 1 aromatic carbocycles. The molecule has 0 spiro atoms. The molecule has 0 atom stereocenters. The molecule has 5 nitrogen and oxygen atoms in total. The molecular formula is C12H9BrN4O. The van der Waals surface area contributed by atoms with Gasteiger partial charge in [-0.3, -0.25) is 4.79 Å². The lowest BCUT2D eigenvalue weighted by Crippen LogP contribution is -2.27. The minimum atomic E-state index is -0.405. The van der Waals surface area contributed by atoms with Gasteiger partial charge in [0.1, 0.15) is 5.52 Å². The monoisotopic (exact) mass is 304 g/mol. The van der Waals surface area contributed by atoms with Crippen molar-refractivity contribution in [2.75, 3.05) is 0 Å². The Labute approximate surface area is 111 Å². The van der Waals surface area contributed by atoms with E-state index in [0.29, 0.717) is 17.4 Å². The Morgan fingerprint density at radius 3 is 2.94 bits per heavy atom. The lowest BCUT2D eigenvalue weighted by Gasteiger charge is -2.07. The summed E-state index contributed by atoms with van der Waals surface area (Å²) in [5.74, 6) is 0. The maximum Gasteiger partial charge on any atom is 0.277 e. The summed E-state index contributed by atoms with van der Waals surface area (Å²) < 4.78 is 2.12. The van der Waals surface area contributed by atoms with Crippen molar-refractivity contribution in [1.29, 1.82) is 5.26 Å². The van der Waals surface area contributed by atoms with E-state index >= 15 is 0 Å². The quantitative estimate of drug-likeness (QED) is 0.849. The van der Waals surface area contributed by atoms with Crippen molar-refractivity contribution < 1.29 is 0 Å². The molecule has 2 aromatic rings. The minimum absolute atomic E-state index is 0.192. The van der Waals surface area contributed by atoms with E-state index < -0.39 is 5.41 Å². The maximum atomic E-state index is 12.2. The van der Waals surface area contributed by atoms with Gasteiger partial charge in [-0.2, -0.15) is 5.26 Å². The van der Waals surface area contributed by atoms with Gasteiger partial charge in [0.2, 0.25) is 0 Å². The summed E-state index contributed by atoms with van der Waals surface area (Å²) >= 11 is 3.33. The van der Waals surface area contributed by atoms with Crippen molar-refractivity contribution >= 4 is 26.8 Å². The first-order chi connectivity index (χ1) is 8.63. The highest BCUT2D eigenvalue weighted by atomic mass is 79.9. The number of rotatable bonds is 2. The molecule has 0 saturated heterocycles. The van der Waals surface area contributed by atoms with Gasteiger partial charge in [0, 0.05) is 4.47 Å². The molecule has 0 bridgehead atoms. The van der Waals surface area contributed by atoms with E-state index in [0.717, 1.165) is 17.3 Å². The first-order valence-corrected chi connectivity index (χ1v) is 6.37. The van der Waals surface area contributed by atoms with Crippen LogP contribution < -0.4 is 5.56 Å². The van der Waals surface area contributed by atoms with E-state index in [4.69, 9.17) is 5.26 Å². The van der Waals surface area contributed by atoms with Crippen molar-refractivity contribution in [2.24, 2.45) is 5.41 Å². The molecule has 0 amide bonds. The Bertz CT molecular complexity index is 727. The number of nitrogens with zero attached hydrogens (tertiary/aromatic N) is 4. The zero-order valence-electron chi connectivity index (χ0n) is 9.43. The van der Waals surface area contributed by atoms with Crippen LogP contribution in [-0.2, 0) is 6.54 Å². The Morgan fingerprint density at radius 2 is 2.28 bits per heavy atom. The van der Waals surface area contributed by atoms with Crippen LogP contribution in [0.2, 0.25) is 0 Å². The summed E-state index contributed by atoms with van der Waals surface area (Å²) in [5, 5.41) is 17.5. The molecule has 1 aliphatic rings. The number of nitriles is 1. The van der Waals surface area contributed by atoms with Gasteiger partial charge in [0.15, 0.2) is 0 Å². The lowest BCUT2D eigenvalue weighted by molar-refractivity contribution is 0.451. The number of hydrogen-bond donors (Lipinski definition) is 0. The topological polar surface area (TPSA) is 71.6 Å². The standard InChI is InChI=1S/C12H9BrN4O/c13-8-1-2-10-9(5-8)11(18)17(16-15-10)7-12(6-14)3-4-12/h1-2,5H,3-4,7H2. The lowest BCUT2D eigenvalue weighted by atomic mass is 10.1. The normalized spacial score (nSPS) is 16.4. The van der Waals surface area contributed by atoms with Gasteiger partial charge in [0.25, 0.3) is 5.56 Å². The molecule has 18 heavy (non-hydrogen) atoms. The molecule has 90 valence electrons. The third-order valence-electron chi connectivity index (χ3n) is 3.23. The highest BCUT2D eigenvalue weighted by Crippen LogP contribution is 2.45. The summed E-state index contributed by atoms with van der Waals surface area (Å²) in [7, 11) is 0. The zero-order valence-corrected chi connectivity index (χ0v) is 11.0.